The van der Waals surface area contributed by atoms with Crippen molar-refractivity contribution in [3.8, 4) is 5.75 Å². The second-order valence-electron chi connectivity index (χ2n) is 4.48. The summed E-state index contributed by atoms with van der Waals surface area (Å²) in [5, 5.41) is 2.59. The van der Waals surface area contributed by atoms with E-state index < -0.39 is 17.8 Å². The predicted octanol–water partition coefficient (Wildman–Crippen LogP) is 3.67. The van der Waals surface area contributed by atoms with E-state index in [0.717, 1.165) is 12.1 Å². The van der Waals surface area contributed by atoms with Gasteiger partial charge in [-0.15, -0.1) is 0 Å². The Hall–Kier alpha value is -2.57. The van der Waals surface area contributed by atoms with Crippen LogP contribution in [0.2, 0.25) is 0 Å². The van der Waals surface area contributed by atoms with Gasteiger partial charge in [0.1, 0.15) is 11.4 Å². The van der Waals surface area contributed by atoms with Gasteiger partial charge in [0.25, 0.3) is 5.91 Å². The Kier molecular flexibility index (Phi) is 4.35. The van der Waals surface area contributed by atoms with Gasteiger partial charge in [0, 0.05) is 0 Å². The topological polar surface area (TPSA) is 51.2 Å². The Labute approximate surface area is 124 Å². The number of nitrogens with zero attached hydrogens (tertiary/aromatic N) is 1. The standard InChI is InChI=1S/C15H13F3N2O2/c1-9-10(7-8-13(19-9)15(16,17)18)14(21)20-11-5-3-4-6-12(11)22-2/h3-8H,1-2H3,(H,20,21). The molecule has 0 bridgehead atoms. The molecule has 0 aliphatic heterocycles. The molecule has 0 saturated heterocycles. The predicted molar refractivity (Wildman–Crippen MR) is 74.9 cm³/mol. The summed E-state index contributed by atoms with van der Waals surface area (Å²) in [5.74, 6) is -0.100. The second kappa shape index (κ2) is 6.05. The van der Waals surface area contributed by atoms with Crippen LogP contribution in [0.4, 0.5) is 18.9 Å². The van der Waals surface area contributed by atoms with E-state index in [-0.39, 0.29) is 11.3 Å². The van der Waals surface area contributed by atoms with Crippen molar-refractivity contribution in [3.63, 3.8) is 0 Å². The van der Waals surface area contributed by atoms with Gasteiger partial charge < -0.3 is 10.1 Å². The number of ether oxygens (including phenoxy) is 1. The molecule has 0 aliphatic carbocycles. The molecule has 0 spiro atoms. The van der Waals surface area contributed by atoms with E-state index in [0.29, 0.717) is 11.4 Å². The van der Waals surface area contributed by atoms with E-state index in [1.54, 1.807) is 24.3 Å². The molecule has 0 fully saturated rings. The van der Waals surface area contributed by atoms with E-state index in [4.69, 9.17) is 4.74 Å². The molecule has 1 aromatic carbocycles. The van der Waals surface area contributed by atoms with Gasteiger partial charge in [-0.1, -0.05) is 12.1 Å². The van der Waals surface area contributed by atoms with Crippen LogP contribution < -0.4 is 10.1 Å². The minimum Gasteiger partial charge on any atom is -0.495 e. The maximum Gasteiger partial charge on any atom is 0.433 e. The molecule has 0 saturated carbocycles. The summed E-state index contributed by atoms with van der Waals surface area (Å²) in [6.45, 7) is 1.35. The Morgan fingerprint density at radius 2 is 1.86 bits per heavy atom. The highest BCUT2D eigenvalue weighted by molar-refractivity contribution is 6.05. The molecule has 1 amide bonds. The van der Waals surface area contributed by atoms with Gasteiger partial charge in [-0.3, -0.25) is 4.79 Å². The fraction of sp³-hybridized carbons (Fsp3) is 0.200. The summed E-state index contributed by atoms with van der Waals surface area (Å²) >= 11 is 0. The van der Waals surface area contributed by atoms with E-state index in [1.165, 1.54) is 14.0 Å². The third-order valence-electron chi connectivity index (χ3n) is 2.98. The Balaban J connectivity index is 2.27. The number of hydrogen-bond acceptors (Lipinski definition) is 3. The number of methoxy groups -OCH3 is 1. The number of pyridine rings is 1. The number of carbonyl (C=O) groups excluding carboxylic acids is 1. The van der Waals surface area contributed by atoms with Gasteiger partial charge in [0.15, 0.2) is 0 Å². The first-order chi connectivity index (χ1) is 10.3. The molecule has 1 heterocycles. The molecule has 7 heteroatoms. The highest BCUT2D eigenvalue weighted by Gasteiger charge is 2.33. The lowest BCUT2D eigenvalue weighted by Crippen LogP contribution is -2.17. The van der Waals surface area contributed by atoms with Crippen LogP contribution in [0.15, 0.2) is 36.4 Å². The normalized spacial score (nSPS) is 11.1. The number of alkyl halides is 3. The van der Waals surface area contributed by atoms with E-state index >= 15 is 0 Å². The molecule has 0 atom stereocenters. The summed E-state index contributed by atoms with van der Waals surface area (Å²) in [5.41, 5.74) is -0.533. The van der Waals surface area contributed by atoms with Gasteiger partial charge in [-0.2, -0.15) is 13.2 Å². The van der Waals surface area contributed by atoms with Crippen LogP contribution >= 0.6 is 0 Å². The number of aryl methyl sites for hydroxylation is 1. The minimum atomic E-state index is -4.54. The van der Waals surface area contributed by atoms with Gasteiger partial charge in [0.2, 0.25) is 0 Å². The van der Waals surface area contributed by atoms with Crippen LogP contribution in [0.25, 0.3) is 0 Å². The van der Waals surface area contributed by atoms with E-state index in [2.05, 4.69) is 10.3 Å². The van der Waals surface area contributed by atoms with Crippen molar-refractivity contribution < 1.29 is 22.7 Å². The lowest BCUT2D eigenvalue weighted by atomic mass is 10.1. The number of rotatable bonds is 3. The number of para-hydroxylation sites is 2. The lowest BCUT2D eigenvalue weighted by molar-refractivity contribution is -0.141. The van der Waals surface area contributed by atoms with Crippen molar-refractivity contribution in [1.29, 1.82) is 0 Å². The van der Waals surface area contributed by atoms with Crippen molar-refractivity contribution in [1.82, 2.24) is 4.98 Å². The first kappa shape index (κ1) is 15.8. The zero-order valence-corrected chi connectivity index (χ0v) is 11.9. The first-order valence-corrected chi connectivity index (χ1v) is 6.32. The van der Waals surface area contributed by atoms with Crippen molar-refractivity contribution >= 4 is 11.6 Å². The summed E-state index contributed by atoms with van der Waals surface area (Å²) in [6.07, 6.45) is -4.54. The molecule has 0 aliphatic rings. The van der Waals surface area contributed by atoms with Crippen molar-refractivity contribution in [2.24, 2.45) is 0 Å². The largest absolute Gasteiger partial charge is 0.495 e. The fourth-order valence-electron chi connectivity index (χ4n) is 1.90. The zero-order valence-electron chi connectivity index (χ0n) is 11.9. The van der Waals surface area contributed by atoms with Crippen LogP contribution in [-0.4, -0.2) is 18.0 Å². The molecule has 0 unspecified atom stereocenters. The first-order valence-electron chi connectivity index (χ1n) is 6.32. The van der Waals surface area contributed by atoms with Gasteiger partial charge in [-0.25, -0.2) is 4.98 Å². The van der Waals surface area contributed by atoms with Crippen molar-refractivity contribution in [3.05, 3.63) is 53.3 Å². The van der Waals surface area contributed by atoms with Gasteiger partial charge in [-0.05, 0) is 31.2 Å². The minimum absolute atomic E-state index is 0.00206. The number of halogens is 3. The van der Waals surface area contributed by atoms with Gasteiger partial charge >= 0.3 is 6.18 Å². The number of benzene rings is 1. The van der Waals surface area contributed by atoms with Crippen LogP contribution in [0.3, 0.4) is 0 Å². The van der Waals surface area contributed by atoms with Crippen LogP contribution in [-0.2, 0) is 6.18 Å². The third kappa shape index (κ3) is 3.36. The second-order valence-corrected chi connectivity index (χ2v) is 4.48. The van der Waals surface area contributed by atoms with Crippen molar-refractivity contribution in [2.75, 3.05) is 12.4 Å². The van der Waals surface area contributed by atoms with Crippen LogP contribution in [0, 0.1) is 6.92 Å². The highest BCUT2D eigenvalue weighted by Crippen LogP contribution is 2.29. The average Bonchev–Trinajstić information content (AvgIpc) is 2.46. The van der Waals surface area contributed by atoms with E-state index in [1.807, 2.05) is 0 Å². The Morgan fingerprint density at radius 1 is 1.18 bits per heavy atom. The lowest BCUT2D eigenvalue weighted by Gasteiger charge is -2.12. The number of anilines is 1. The quantitative estimate of drug-likeness (QED) is 0.941. The maximum atomic E-state index is 12.6. The van der Waals surface area contributed by atoms with Crippen LogP contribution in [0.5, 0.6) is 5.75 Å². The summed E-state index contributed by atoms with van der Waals surface area (Å²) < 4.78 is 42.8. The molecule has 0 radical (unpaired) electrons. The summed E-state index contributed by atoms with van der Waals surface area (Å²) in [6, 6.07) is 8.62. The number of carbonyl (C=O) groups is 1. The maximum absolute atomic E-state index is 12.6. The Bertz CT molecular complexity index is 699. The number of nitrogens with one attached hydrogen (secondary N) is 1. The molecular formula is C15H13F3N2O2. The van der Waals surface area contributed by atoms with Gasteiger partial charge in [0.05, 0.1) is 24.1 Å². The number of amides is 1. The smallest absolute Gasteiger partial charge is 0.433 e. The van der Waals surface area contributed by atoms with Crippen LogP contribution in [0.1, 0.15) is 21.7 Å². The number of aromatic nitrogens is 1. The molecule has 1 aromatic heterocycles. The Morgan fingerprint density at radius 3 is 2.45 bits per heavy atom. The van der Waals surface area contributed by atoms with E-state index in [9.17, 15) is 18.0 Å². The SMILES string of the molecule is COc1ccccc1NC(=O)c1ccc(C(F)(F)F)nc1C. The molecule has 4 nitrogen and oxygen atoms in total. The number of hydrogen-bond donors (Lipinski definition) is 1. The molecule has 1 N–H and O–H groups in total. The average molecular weight is 310 g/mol. The zero-order chi connectivity index (χ0) is 16.3. The summed E-state index contributed by atoms with van der Waals surface area (Å²) in [4.78, 5) is 15.6. The molecule has 116 valence electrons. The molecule has 2 rings (SSSR count). The fourth-order valence-corrected chi connectivity index (χ4v) is 1.90. The molecule has 2 aromatic rings. The third-order valence-corrected chi connectivity index (χ3v) is 2.98. The summed E-state index contributed by atoms with van der Waals surface area (Å²) in [7, 11) is 1.45. The monoisotopic (exact) mass is 310 g/mol. The molecular weight excluding hydrogens is 297 g/mol. The van der Waals surface area contributed by atoms with Crippen molar-refractivity contribution in [2.45, 2.75) is 13.1 Å². The highest BCUT2D eigenvalue weighted by atomic mass is 19.4. The molecule has 22 heavy (non-hydrogen) atoms.